The van der Waals surface area contributed by atoms with Gasteiger partial charge < -0.3 is 9.84 Å². The fourth-order valence-corrected chi connectivity index (χ4v) is 2.75. The molecular formula is C19H16Cl2N2O2. The Kier molecular flexibility index (Phi) is 5.41. The summed E-state index contributed by atoms with van der Waals surface area (Å²) in [4.78, 5) is 12.6. The third kappa shape index (κ3) is 4.62. The average Bonchev–Trinajstić information content (AvgIpc) is 3.00. The maximum absolute atomic E-state index is 12.6. The van der Waals surface area contributed by atoms with Crippen LogP contribution in [0.4, 0.5) is 5.82 Å². The summed E-state index contributed by atoms with van der Waals surface area (Å²) in [6.45, 7) is 1.81. The number of halogens is 2. The first-order valence-corrected chi connectivity index (χ1v) is 8.51. The topological polar surface area (TPSA) is 55.1 Å². The standard InChI is InChI=1S/C19H16Cl2N2O2/c1-12-10-19(23-25-12)22-17(13-2-6-15(20)7-3-13)11-18(24)14-4-8-16(21)9-5-14/h2-10,17H,11H2,1H3,(H,22,23). The predicted molar refractivity (Wildman–Crippen MR) is 99.5 cm³/mol. The van der Waals surface area contributed by atoms with Crippen LogP contribution < -0.4 is 5.32 Å². The maximum Gasteiger partial charge on any atom is 0.170 e. The minimum absolute atomic E-state index is 0.00401. The number of benzene rings is 2. The van der Waals surface area contributed by atoms with Crippen LogP contribution in [0.2, 0.25) is 10.0 Å². The lowest BCUT2D eigenvalue weighted by atomic mass is 9.98. The molecule has 0 bridgehead atoms. The zero-order chi connectivity index (χ0) is 17.8. The van der Waals surface area contributed by atoms with Gasteiger partial charge in [-0.2, -0.15) is 0 Å². The van der Waals surface area contributed by atoms with Crippen LogP contribution in [0, 0.1) is 6.92 Å². The van der Waals surface area contributed by atoms with E-state index in [-0.39, 0.29) is 18.2 Å². The first-order valence-electron chi connectivity index (χ1n) is 7.75. The number of hydrogen-bond donors (Lipinski definition) is 1. The largest absolute Gasteiger partial charge is 0.360 e. The first kappa shape index (κ1) is 17.5. The molecule has 0 radical (unpaired) electrons. The van der Waals surface area contributed by atoms with Crippen LogP contribution in [0.3, 0.4) is 0 Å². The Hall–Kier alpha value is -2.30. The average molecular weight is 375 g/mol. The lowest BCUT2D eigenvalue weighted by Crippen LogP contribution is -2.16. The molecule has 3 aromatic rings. The Labute approximate surface area is 155 Å². The molecule has 1 aromatic heterocycles. The van der Waals surface area contributed by atoms with Crippen molar-refractivity contribution in [2.45, 2.75) is 19.4 Å². The van der Waals surface area contributed by atoms with Crippen LogP contribution in [0.1, 0.15) is 34.1 Å². The van der Waals surface area contributed by atoms with Gasteiger partial charge in [0.2, 0.25) is 0 Å². The Bertz CT molecular complexity index is 858. The molecule has 1 heterocycles. The first-order chi connectivity index (χ1) is 12.0. The summed E-state index contributed by atoms with van der Waals surface area (Å²) in [6, 6.07) is 15.8. The molecule has 1 N–H and O–H groups in total. The number of aryl methyl sites for hydroxylation is 1. The van der Waals surface area contributed by atoms with Crippen molar-refractivity contribution in [2.75, 3.05) is 5.32 Å². The summed E-state index contributed by atoms with van der Waals surface area (Å²) < 4.78 is 5.09. The SMILES string of the molecule is Cc1cc(NC(CC(=O)c2ccc(Cl)cc2)c2ccc(Cl)cc2)no1. The fourth-order valence-electron chi connectivity index (χ4n) is 2.50. The highest BCUT2D eigenvalue weighted by Gasteiger charge is 2.18. The van der Waals surface area contributed by atoms with Crippen LogP contribution in [0.5, 0.6) is 0 Å². The lowest BCUT2D eigenvalue weighted by Gasteiger charge is -2.18. The molecule has 128 valence electrons. The van der Waals surface area contributed by atoms with Crippen LogP contribution >= 0.6 is 23.2 Å². The molecule has 1 unspecified atom stereocenters. The van der Waals surface area contributed by atoms with E-state index in [0.29, 0.717) is 27.2 Å². The molecule has 2 aromatic carbocycles. The molecular weight excluding hydrogens is 359 g/mol. The van der Waals surface area contributed by atoms with Crippen LogP contribution in [-0.2, 0) is 0 Å². The van der Waals surface area contributed by atoms with Gasteiger partial charge in [-0.25, -0.2) is 0 Å². The number of aromatic nitrogens is 1. The fraction of sp³-hybridized carbons (Fsp3) is 0.158. The second-order valence-electron chi connectivity index (χ2n) is 5.71. The minimum Gasteiger partial charge on any atom is -0.360 e. The van der Waals surface area contributed by atoms with Crippen molar-refractivity contribution in [1.82, 2.24) is 5.16 Å². The van der Waals surface area contributed by atoms with Gasteiger partial charge >= 0.3 is 0 Å². The van der Waals surface area contributed by atoms with Gasteiger partial charge in [0.05, 0.1) is 6.04 Å². The molecule has 0 saturated heterocycles. The molecule has 25 heavy (non-hydrogen) atoms. The van der Waals surface area contributed by atoms with E-state index in [2.05, 4.69) is 10.5 Å². The summed E-state index contributed by atoms with van der Waals surface area (Å²) in [5.74, 6) is 1.28. The smallest absolute Gasteiger partial charge is 0.170 e. The number of hydrogen-bond acceptors (Lipinski definition) is 4. The van der Waals surface area contributed by atoms with E-state index in [0.717, 1.165) is 5.56 Å². The molecule has 6 heteroatoms. The van der Waals surface area contributed by atoms with E-state index in [1.807, 2.05) is 19.1 Å². The second-order valence-corrected chi connectivity index (χ2v) is 6.58. The Morgan fingerprint density at radius 3 is 2.24 bits per heavy atom. The number of Topliss-reactive ketones (excluding diaryl/α,β-unsaturated/α-hetero) is 1. The van der Waals surface area contributed by atoms with Crippen LogP contribution in [-0.4, -0.2) is 10.9 Å². The molecule has 0 aliphatic rings. The molecule has 0 amide bonds. The molecule has 0 fully saturated rings. The molecule has 0 saturated carbocycles. The number of ketones is 1. The number of carbonyl (C=O) groups excluding carboxylic acids is 1. The highest BCUT2D eigenvalue weighted by molar-refractivity contribution is 6.30. The number of nitrogens with one attached hydrogen (secondary N) is 1. The van der Waals surface area contributed by atoms with Crippen molar-refractivity contribution in [3.63, 3.8) is 0 Å². The maximum atomic E-state index is 12.6. The van der Waals surface area contributed by atoms with Crippen LogP contribution in [0.15, 0.2) is 59.1 Å². The van der Waals surface area contributed by atoms with Crippen molar-refractivity contribution in [3.05, 3.63) is 81.5 Å². The van der Waals surface area contributed by atoms with E-state index in [9.17, 15) is 4.79 Å². The third-order valence-corrected chi connectivity index (χ3v) is 4.28. The molecule has 0 aliphatic heterocycles. The molecule has 4 nitrogen and oxygen atoms in total. The van der Waals surface area contributed by atoms with Crippen molar-refractivity contribution >= 4 is 34.8 Å². The van der Waals surface area contributed by atoms with Gasteiger partial charge in [0.1, 0.15) is 5.76 Å². The summed E-state index contributed by atoms with van der Waals surface area (Å²) in [5, 5.41) is 8.44. The van der Waals surface area contributed by atoms with Crippen molar-refractivity contribution in [2.24, 2.45) is 0 Å². The monoisotopic (exact) mass is 374 g/mol. The number of nitrogens with zero attached hydrogens (tertiary/aromatic N) is 1. The van der Waals surface area contributed by atoms with Crippen molar-refractivity contribution in [1.29, 1.82) is 0 Å². The highest BCUT2D eigenvalue weighted by atomic mass is 35.5. The Balaban J connectivity index is 1.83. The van der Waals surface area contributed by atoms with Gasteiger partial charge in [-0.1, -0.05) is 40.5 Å². The van der Waals surface area contributed by atoms with E-state index >= 15 is 0 Å². The zero-order valence-corrected chi connectivity index (χ0v) is 15.0. The normalized spacial score (nSPS) is 12.0. The minimum atomic E-state index is -0.259. The number of rotatable bonds is 6. The highest BCUT2D eigenvalue weighted by Crippen LogP contribution is 2.26. The molecule has 0 aliphatic carbocycles. The van der Waals surface area contributed by atoms with Gasteiger partial charge in [0.25, 0.3) is 0 Å². The van der Waals surface area contributed by atoms with Gasteiger partial charge in [-0.15, -0.1) is 0 Å². The Morgan fingerprint density at radius 1 is 1.08 bits per heavy atom. The van der Waals surface area contributed by atoms with E-state index in [4.69, 9.17) is 27.7 Å². The van der Waals surface area contributed by atoms with E-state index in [1.54, 1.807) is 42.5 Å². The van der Waals surface area contributed by atoms with Gasteiger partial charge in [-0.3, -0.25) is 4.79 Å². The quantitative estimate of drug-likeness (QED) is 0.560. The number of anilines is 1. The predicted octanol–water partition coefficient (Wildman–Crippen LogP) is 5.72. The van der Waals surface area contributed by atoms with Gasteiger partial charge in [-0.05, 0) is 48.9 Å². The summed E-state index contributed by atoms with van der Waals surface area (Å²) >= 11 is 11.9. The van der Waals surface area contributed by atoms with E-state index < -0.39 is 0 Å². The Morgan fingerprint density at radius 2 is 1.68 bits per heavy atom. The summed E-state index contributed by atoms with van der Waals surface area (Å²) in [5.41, 5.74) is 1.55. The van der Waals surface area contributed by atoms with Crippen molar-refractivity contribution in [3.8, 4) is 0 Å². The summed E-state index contributed by atoms with van der Waals surface area (Å²) in [7, 11) is 0. The van der Waals surface area contributed by atoms with Gasteiger partial charge in [0.15, 0.2) is 11.6 Å². The zero-order valence-electron chi connectivity index (χ0n) is 13.5. The molecule has 1 atom stereocenters. The van der Waals surface area contributed by atoms with Gasteiger partial charge in [0, 0.05) is 28.1 Å². The van der Waals surface area contributed by atoms with Crippen molar-refractivity contribution < 1.29 is 9.32 Å². The molecule has 3 rings (SSSR count). The third-order valence-electron chi connectivity index (χ3n) is 3.78. The molecule has 0 spiro atoms. The summed E-state index contributed by atoms with van der Waals surface area (Å²) in [6.07, 6.45) is 0.259. The number of carbonyl (C=O) groups is 1. The van der Waals surface area contributed by atoms with Crippen LogP contribution in [0.25, 0.3) is 0 Å². The lowest BCUT2D eigenvalue weighted by molar-refractivity contribution is 0.0976. The van der Waals surface area contributed by atoms with E-state index in [1.165, 1.54) is 0 Å². The second kappa shape index (κ2) is 7.72.